The highest BCUT2D eigenvalue weighted by atomic mass is 19.1. The highest BCUT2D eigenvalue weighted by Gasteiger charge is 2.26. The molecule has 2 aromatic heterocycles. The van der Waals surface area contributed by atoms with E-state index in [4.69, 9.17) is 4.84 Å². The van der Waals surface area contributed by atoms with Crippen LogP contribution in [0.2, 0.25) is 0 Å². The van der Waals surface area contributed by atoms with Crippen LogP contribution in [0.1, 0.15) is 51.7 Å². The summed E-state index contributed by atoms with van der Waals surface area (Å²) < 4.78 is 14.9. The minimum absolute atomic E-state index is 0.0433. The van der Waals surface area contributed by atoms with E-state index in [9.17, 15) is 9.18 Å². The molecule has 1 aliphatic rings. The summed E-state index contributed by atoms with van der Waals surface area (Å²) in [5, 5.41) is 11.9. The van der Waals surface area contributed by atoms with Crippen molar-refractivity contribution in [2.45, 2.75) is 32.3 Å². The van der Waals surface area contributed by atoms with Crippen molar-refractivity contribution in [2.24, 2.45) is 5.16 Å². The average molecular weight is 467 g/mol. The average Bonchev–Trinajstić information content (AvgIpc) is 3.39. The first-order valence-corrected chi connectivity index (χ1v) is 11.4. The van der Waals surface area contributed by atoms with Gasteiger partial charge >= 0.3 is 0 Å². The number of hydrogen-bond acceptors (Lipinski definition) is 6. The van der Waals surface area contributed by atoms with Crippen molar-refractivity contribution in [1.82, 2.24) is 15.2 Å². The SMILES string of the molecule is Cc1ccc(-c2cc(C(=O)CCc3ccnnc3)cc(C3=NOC(c4ccccn4)C3)c2)c(F)c1. The van der Waals surface area contributed by atoms with Gasteiger partial charge in [-0.25, -0.2) is 4.39 Å². The first kappa shape index (κ1) is 22.5. The number of hydrogen-bond donors (Lipinski definition) is 0. The summed E-state index contributed by atoms with van der Waals surface area (Å²) >= 11 is 0. The van der Waals surface area contributed by atoms with Crippen molar-refractivity contribution in [3.63, 3.8) is 0 Å². The van der Waals surface area contributed by atoms with Crippen molar-refractivity contribution < 1.29 is 14.0 Å². The van der Waals surface area contributed by atoms with Crippen molar-refractivity contribution in [3.8, 4) is 11.1 Å². The van der Waals surface area contributed by atoms with Gasteiger partial charge in [0.15, 0.2) is 11.9 Å². The molecule has 35 heavy (non-hydrogen) atoms. The number of oxime groups is 1. The normalized spacial score (nSPS) is 14.9. The summed E-state index contributed by atoms with van der Waals surface area (Å²) in [7, 11) is 0. The van der Waals surface area contributed by atoms with Crippen LogP contribution in [0.3, 0.4) is 0 Å². The standard InChI is InChI=1S/C28H23FN4O2/c1-18-5-7-23(24(29)12-18)20-13-21(26-16-28(35-33-26)25-4-2-3-10-30-25)15-22(14-20)27(34)8-6-19-9-11-31-32-17-19/h2-5,7,9-15,17,28H,6,8,16H2,1H3. The van der Waals surface area contributed by atoms with Crippen molar-refractivity contribution in [2.75, 3.05) is 0 Å². The highest BCUT2D eigenvalue weighted by molar-refractivity contribution is 6.05. The van der Waals surface area contributed by atoms with Gasteiger partial charge in [-0.15, -0.1) is 0 Å². The minimum Gasteiger partial charge on any atom is -0.385 e. The van der Waals surface area contributed by atoms with E-state index in [-0.39, 0.29) is 17.7 Å². The second kappa shape index (κ2) is 9.93. The summed E-state index contributed by atoms with van der Waals surface area (Å²) in [5.74, 6) is -0.377. The number of aryl methyl sites for hydroxylation is 2. The van der Waals surface area contributed by atoms with Crippen LogP contribution in [-0.2, 0) is 11.3 Å². The number of pyridine rings is 1. The van der Waals surface area contributed by atoms with Gasteiger partial charge in [0.05, 0.1) is 17.6 Å². The molecule has 5 rings (SSSR count). The lowest BCUT2D eigenvalue weighted by Crippen LogP contribution is -2.07. The Balaban J connectivity index is 1.47. The third-order valence-electron chi connectivity index (χ3n) is 6.00. The molecular weight excluding hydrogens is 443 g/mol. The molecule has 3 heterocycles. The third kappa shape index (κ3) is 5.14. The summed E-state index contributed by atoms with van der Waals surface area (Å²) in [4.78, 5) is 23.2. The number of halogens is 1. The highest BCUT2D eigenvalue weighted by Crippen LogP contribution is 2.32. The van der Waals surface area contributed by atoms with Gasteiger partial charge < -0.3 is 4.84 Å². The summed E-state index contributed by atoms with van der Waals surface area (Å²) in [6.07, 6.45) is 6.01. The molecule has 0 amide bonds. The van der Waals surface area contributed by atoms with Gasteiger partial charge in [0.1, 0.15) is 5.82 Å². The minimum atomic E-state index is -0.334. The molecule has 1 unspecified atom stereocenters. The smallest absolute Gasteiger partial charge is 0.174 e. The zero-order chi connectivity index (χ0) is 24.2. The van der Waals surface area contributed by atoms with Gasteiger partial charge in [0.25, 0.3) is 0 Å². The summed E-state index contributed by atoms with van der Waals surface area (Å²) in [6.45, 7) is 1.84. The second-order valence-corrected chi connectivity index (χ2v) is 8.55. The number of ketones is 1. The maximum Gasteiger partial charge on any atom is 0.174 e. The largest absolute Gasteiger partial charge is 0.385 e. The Labute approximate surface area is 202 Å². The Bertz CT molecular complexity index is 1390. The molecule has 0 bridgehead atoms. The predicted molar refractivity (Wildman–Crippen MR) is 130 cm³/mol. The molecule has 0 aliphatic carbocycles. The Hall–Kier alpha value is -4.26. The fraction of sp³-hybridized carbons (Fsp3) is 0.179. The van der Waals surface area contributed by atoms with Crippen LogP contribution in [0, 0.1) is 12.7 Å². The van der Waals surface area contributed by atoms with E-state index < -0.39 is 0 Å². The molecule has 0 radical (unpaired) electrons. The lowest BCUT2D eigenvalue weighted by Gasteiger charge is -2.11. The Morgan fingerprint density at radius 1 is 1.03 bits per heavy atom. The van der Waals surface area contributed by atoms with Crippen molar-refractivity contribution in [1.29, 1.82) is 0 Å². The van der Waals surface area contributed by atoms with Crippen LogP contribution in [0.5, 0.6) is 0 Å². The zero-order valence-corrected chi connectivity index (χ0v) is 19.2. The van der Waals surface area contributed by atoms with E-state index in [2.05, 4.69) is 20.3 Å². The molecule has 7 heteroatoms. The van der Waals surface area contributed by atoms with Crippen LogP contribution in [-0.4, -0.2) is 26.7 Å². The number of Topliss-reactive ketones (excluding diaryl/α,β-unsaturated/α-hetero) is 1. The first-order valence-electron chi connectivity index (χ1n) is 11.4. The maximum absolute atomic E-state index is 14.9. The molecule has 0 spiro atoms. The first-order chi connectivity index (χ1) is 17.1. The van der Waals surface area contributed by atoms with E-state index in [0.29, 0.717) is 41.7 Å². The number of carbonyl (C=O) groups is 1. The molecule has 0 N–H and O–H groups in total. The van der Waals surface area contributed by atoms with Crippen LogP contribution < -0.4 is 0 Å². The molecule has 6 nitrogen and oxygen atoms in total. The number of nitrogens with zero attached hydrogens (tertiary/aromatic N) is 4. The van der Waals surface area contributed by atoms with Crippen LogP contribution >= 0.6 is 0 Å². The van der Waals surface area contributed by atoms with Gasteiger partial charge in [0.2, 0.25) is 0 Å². The van der Waals surface area contributed by atoms with E-state index in [1.807, 2.05) is 49.4 Å². The predicted octanol–water partition coefficient (Wildman–Crippen LogP) is 5.67. The molecule has 1 aliphatic heterocycles. The maximum atomic E-state index is 14.9. The number of aromatic nitrogens is 3. The Morgan fingerprint density at radius 2 is 1.91 bits per heavy atom. The molecule has 1 atom stereocenters. The van der Waals surface area contributed by atoms with Gasteiger partial charge in [-0.3, -0.25) is 9.78 Å². The molecule has 0 fully saturated rings. The summed E-state index contributed by atoms with van der Waals surface area (Å²) in [6, 6.07) is 18.0. The molecule has 0 saturated heterocycles. The fourth-order valence-corrected chi connectivity index (χ4v) is 4.11. The molecule has 174 valence electrons. The monoisotopic (exact) mass is 466 g/mol. The van der Waals surface area contributed by atoms with E-state index in [0.717, 1.165) is 22.4 Å². The van der Waals surface area contributed by atoms with Gasteiger partial charge in [-0.2, -0.15) is 10.2 Å². The Morgan fingerprint density at radius 3 is 2.69 bits per heavy atom. The quantitative estimate of drug-likeness (QED) is 0.328. The van der Waals surface area contributed by atoms with Crippen molar-refractivity contribution >= 4 is 11.5 Å². The number of rotatable bonds is 7. The van der Waals surface area contributed by atoms with Gasteiger partial charge in [-0.05, 0) is 72.5 Å². The molecule has 0 saturated carbocycles. The van der Waals surface area contributed by atoms with Crippen LogP contribution in [0.25, 0.3) is 11.1 Å². The van der Waals surface area contributed by atoms with Gasteiger partial charge in [-0.1, -0.05) is 23.4 Å². The van der Waals surface area contributed by atoms with E-state index >= 15 is 0 Å². The fourth-order valence-electron chi connectivity index (χ4n) is 4.11. The Kier molecular flexibility index (Phi) is 6.39. The second-order valence-electron chi connectivity index (χ2n) is 8.55. The molecule has 4 aromatic rings. The van der Waals surface area contributed by atoms with Crippen LogP contribution in [0.4, 0.5) is 4.39 Å². The summed E-state index contributed by atoms with van der Waals surface area (Å²) in [5.41, 5.74) is 5.54. The van der Waals surface area contributed by atoms with E-state index in [1.165, 1.54) is 6.07 Å². The lowest BCUT2D eigenvalue weighted by molar-refractivity contribution is 0.0826. The topological polar surface area (TPSA) is 77.3 Å². The molecular formula is C28H23FN4O2. The lowest BCUT2D eigenvalue weighted by atomic mass is 9.92. The number of benzene rings is 2. The van der Waals surface area contributed by atoms with Gasteiger partial charge in [0, 0.05) is 41.9 Å². The van der Waals surface area contributed by atoms with Crippen LogP contribution in [0.15, 0.2) is 84.4 Å². The zero-order valence-electron chi connectivity index (χ0n) is 19.2. The van der Waals surface area contributed by atoms with Crippen molar-refractivity contribution in [3.05, 3.63) is 113 Å². The third-order valence-corrected chi connectivity index (χ3v) is 6.00. The number of carbonyl (C=O) groups excluding carboxylic acids is 1. The molecule has 2 aromatic carbocycles. The van der Waals surface area contributed by atoms with E-state index in [1.54, 1.807) is 30.7 Å².